The lowest BCUT2D eigenvalue weighted by Gasteiger charge is -2.38. The number of aryl methyl sites for hydroxylation is 4. The Kier molecular flexibility index (Phi) is 8.26. The van der Waals surface area contributed by atoms with Crippen molar-refractivity contribution in [1.29, 1.82) is 0 Å². The minimum absolute atomic E-state index is 0.211. The molecule has 196 valence electrons. The van der Waals surface area contributed by atoms with Crippen molar-refractivity contribution in [2.24, 2.45) is 0 Å². The quantitative estimate of drug-likeness (QED) is 0.468. The smallest absolute Gasteiger partial charge is 0.241 e. The number of halogens is 1. The van der Waals surface area contributed by atoms with Crippen molar-refractivity contribution in [3.63, 3.8) is 0 Å². The topological polar surface area (TPSA) is 69.7 Å². The number of nitrogens with zero attached hydrogens (tertiary/aromatic N) is 2. The molecule has 1 unspecified atom stereocenters. The van der Waals surface area contributed by atoms with E-state index in [9.17, 15) is 13.2 Å². The predicted molar refractivity (Wildman–Crippen MR) is 150 cm³/mol. The molecule has 1 atom stereocenters. The van der Waals surface area contributed by atoms with E-state index in [1.807, 2.05) is 74.5 Å². The number of carbonyl (C=O) groups excluding carboxylic acids is 1. The summed E-state index contributed by atoms with van der Waals surface area (Å²) in [6.07, 6.45) is 0.274. The number of nitrogens with one attached hydrogen (secondary N) is 1. The number of anilines is 1. The third kappa shape index (κ3) is 6.35. The van der Waals surface area contributed by atoms with Crippen LogP contribution in [0, 0.1) is 27.7 Å². The first-order chi connectivity index (χ1) is 17.5. The highest BCUT2D eigenvalue weighted by Crippen LogP contribution is 2.26. The Bertz CT molecular complexity index is 1360. The van der Waals surface area contributed by atoms with Crippen molar-refractivity contribution in [2.45, 2.75) is 45.1 Å². The lowest BCUT2D eigenvalue weighted by atomic mass is 10.1. The Morgan fingerprint density at radius 1 is 0.892 bits per heavy atom. The molecular formula is C29H34ClN3O3S. The molecular weight excluding hydrogens is 506 g/mol. The van der Waals surface area contributed by atoms with Crippen molar-refractivity contribution in [3.8, 4) is 0 Å². The van der Waals surface area contributed by atoms with Crippen molar-refractivity contribution in [3.05, 3.63) is 93.5 Å². The molecule has 0 saturated carbocycles. The van der Waals surface area contributed by atoms with Gasteiger partial charge in [-0.2, -0.15) is 4.72 Å². The monoisotopic (exact) mass is 539 g/mol. The molecule has 3 aromatic rings. The second kappa shape index (κ2) is 11.3. The van der Waals surface area contributed by atoms with Crippen LogP contribution in [-0.2, 0) is 21.2 Å². The third-order valence-electron chi connectivity index (χ3n) is 6.85. The van der Waals surface area contributed by atoms with Crippen LogP contribution in [0.1, 0.15) is 27.8 Å². The SMILES string of the molecule is Cc1cc(C)c(S(=O)(=O)NC(Cc2ccccc2)C(=O)N2CCN(c3cc(Cl)ccc3C)CC2)c(C)c1. The van der Waals surface area contributed by atoms with E-state index in [-0.39, 0.29) is 17.2 Å². The molecule has 0 radical (unpaired) electrons. The molecule has 6 nitrogen and oxygen atoms in total. The van der Waals surface area contributed by atoms with Gasteiger partial charge in [0, 0.05) is 36.9 Å². The molecule has 0 aliphatic carbocycles. The molecule has 37 heavy (non-hydrogen) atoms. The fourth-order valence-corrected chi connectivity index (χ4v) is 6.99. The zero-order valence-corrected chi connectivity index (χ0v) is 23.4. The summed E-state index contributed by atoms with van der Waals surface area (Å²) in [4.78, 5) is 18.0. The van der Waals surface area contributed by atoms with Crippen LogP contribution >= 0.6 is 11.6 Å². The summed E-state index contributed by atoms with van der Waals surface area (Å²) in [5.74, 6) is -0.211. The highest BCUT2D eigenvalue weighted by atomic mass is 35.5. The summed E-state index contributed by atoms with van der Waals surface area (Å²) < 4.78 is 29.9. The maximum absolute atomic E-state index is 13.8. The summed E-state index contributed by atoms with van der Waals surface area (Å²) in [5.41, 5.74) is 5.42. The van der Waals surface area contributed by atoms with Crippen molar-refractivity contribution < 1.29 is 13.2 Å². The maximum atomic E-state index is 13.8. The molecule has 1 fully saturated rings. The van der Waals surface area contributed by atoms with Gasteiger partial charge in [-0.3, -0.25) is 4.79 Å². The summed E-state index contributed by atoms with van der Waals surface area (Å²) >= 11 is 6.22. The fourth-order valence-electron chi connectivity index (χ4n) is 5.18. The van der Waals surface area contributed by atoms with Crippen LogP contribution in [0.3, 0.4) is 0 Å². The van der Waals surface area contributed by atoms with E-state index in [0.717, 1.165) is 22.4 Å². The standard InChI is InChI=1S/C29H34ClN3O3S/c1-20-16-22(3)28(23(4)17-20)37(35,36)31-26(18-24-8-6-5-7-9-24)29(34)33-14-12-32(13-15-33)27-19-25(30)11-10-21(27)2/h5-11,16-17,19,26,31H,12-15,18H2,1-4H3. The Morgan fingerprint density at radius 3 is 2.14 bits per heavy atom. The molecule has 3 aromatic carbocycles. The van der Waals surface area contributed by atoms with Gasteiger partial charge in [0.05, 0.1) is 4.90 Å². The van der Waals surface area contributed by atoms with Gasteiger partial charge in [-0.1, -0.05) is 65.7 Å². The van der Waals surface area contributed by atoms with Gasteiger partial charge in [-0.15, -0.1) is 0 Å². The van der Waals surface area contributed by atoms with Crippen molar-refractivity contribution in [1.82, 2.24) is 9.62 Å². The van der Waals surface area contributed by atoms with Gasteiger partial charge in [0.25, 0.3) is 0 Å². The number of hydrogen-bond acceptors (Lipinski definition) is 4. The maximum Gasteiger partial charge on any atom is 0.241 e. The molecule has 0 bridgehead atoms. The number of amides is 1. The highest BCUT2D eigenvalue weighted by Gasteiger charge is 2.32. The molecule has 1 aliphatic heterocycles. The Labute approximate surface area is 225 Å². The van der Waals surface area contributed by atoms with Crippen LogP contribution in [0.15, 0.2) is 65.6 Å². The number of benzene rings is 3. The minimum Gasteiger partial charge on any atom is -0.368 e. The van der Waals surface area contributed by atoms with Gasteiger partial charge < -0.3 is 9.80 Å². The molecule has 1 aliphatic rings. The van der Waals surface area contributed by atoms with Crippen LogP contribution < -0.4 is 9.62 Å². The van der Waals surface area contributed by atoms with Gasteiger partial charge in [-0.05, 0) is 68.5 Å². The van der Waals surface area contributed by atoms with Crippen LogP contribution in [0.4, 0.5) is 5.69 Å². The van der Waals surface area contributed by atoms with Gasteiger partial charge in [0.2, 0.25) is 15.9 Å². The van der Waals surface area contributed by atoms with Crippen molar-refractivity contribution in [2.75, 3.05) is 31.1 Å². The van der Waals surface area contributed by atoms with Gasteiger partial charge in [-0.25, -0.2) is 8.42 Å². The summed E-state index contributed by atoms with van der Waals surface area (Å²) in [5, 5.41) is 0.679. The van der Waals surface area contributed by atoms with Crippen LogP contribution in [-0.4, -0.2) is 51.4 Å². The highest BCUT2D eigenvalue weighted by molar-refractivity contribution is 7.89. The number of hydrogen-bond donors (Lipinski definition) is 1. The van der Waals surface area contributed by atoms with E-state index in [0.29, 0.717) is 42.3 Å². The second-order valence-electron chi connectivity index (χ2n) is 9.83. The summed E-state index contributed by atoms with van der Waals surface area (Å²) in [6, 6.07) is 18.1. The average molecular weight is 540 g/mol. The van der Waals surface area contributed by atoms with Gasteiger partial charge in [0.15, 0.2) is 0 Å². The van der Waals surface area contributed by atoms with E-state index in [4.69, 9.17) is 11.6 Å². The summed E-state index contributed by atoms with van der Waals surface area (Å²) in [6.45, 7) is 9.86. The van der Waals surface area contributed by atoms with Crippen molar-refractivity contribution >= 4 is 33.2 Å². The van der Waals surface area contributed by atoms with Gasteiger partial charge in [0.1, 0.15) is 6.04 Å². The lowest BCUT2D eigenvalue weighted by molar-refractivity contribution is -0.133. The zero-order chi connectivity index (χ0) is 26.7. The van der Waals surface area contributed by atoms with Crippen LogP contribution in [0.25, 0.3) is 0 Å². The largest absolute Gasteiger partial charge is 0.368 e. The van der Waals surface area contributed by atoms with E-state index >= 15 is 0 Å². The first kappa shape index (κ1) is 27.2. The lowest BCUT2D eigenvalue weighted by Crippen LogP contribution is -2.55. The Morgan fingerprint density at radius 2 is 1.51 bits per heavy atom. The number of piperazine rings is 1. The normalized spacial score (nSPS) is 15.1. The van der Waals surface area contributed by atoms with E-state index < -0.39 is 16.1 Å². The Balaban J connectivity index is 1.56. The Hall–Kier alpha value is -2.87. The van der Waals surface area contributed by atoms with Gasteiger partial charge >= 0.3 is 0 Å². The third-order valence-corrected chi connectivity index (χ3v) is 8.87. The first-order valence-electron chi connectivity index (χ1n) is 12.5. The van der Waals surface area contributed by atoms with E-state index in [2.05, 4.69) is 9.62 Å². The average Bonchev–Trinajstić information content (AvgIpc) is 2.84. The molecule has 1 N–H and O–H groups in total. The van der Waals surface area contributed by atoms with Crippen LogP contribution in [0.5, 0.6) is 0 Å². The first-order valence-corrected chi connectivity index (χ1v) is 14.4. The van der Waals surface area contributed by atoms with E-state index in [1.165, 1.54) is 0 Å². The number of sulfonamides is 1. The molecule has 8 heteroatoms. The zero-order valence-electron chi connectivity index (χ0n) is 21.8. The second-order valence-corrected chi connectivity index (χ2v) is 11.9. The fraction of sp³-hybridized carbons (Fsp3) is 0.345. The van der Waals surface area contributed by atoms with E-state index in [1.54, 1.807) is 18.7 Å². The molecule has 1 amide bonds. The molecule has 0 aromatic heterocycles. The molecule has 0 spiro atoms. The predicted octanol–water partition coefficient (Wildman–Crippen LogP) is 4.81. The van der Waals surface area contributed by atoms with Crippen LogP contribution in [0.2, 0.25) is 5.02 Å². The number of carbonyl (C=O) groups is 1. The molecule has 1 heterocycles. The molecule has 1 saturated heterocycles. The minimum atomic E-state index is -3.93. The summed E-state index contributed by atoms with van der Waals surface area (Å²) in [7, 11) is -3.93. The molecule has 4 rings (SSSR count). The number of rotatable bonds is 7.